The van der Waals surface area contributed by atoms with E-state index in [-0.39, 0.29) is 13.0 Å². The van der Waals surface area contributed by atoms with Crippen molar-refractivity contribution in [1.29, 1.82) is 0 Å². The summed E-state index contributed by atoms with van der Waals surface area (Å²) in [5.41, 5.74) is -0.681. The fourth-order valence-electron chi connectivity index (χ4n) is 1.97. The van der Waals surface area contributed by atoms with Gasteiger partial charge in [-0.05, 0) is 20.8 Å². The third-order valence-corrected chi connectivity index (χ3v) is 2.80. The van der Waals surface area contributed by atoms with Crippen LogP contribution in [-0.4, -0.2) is 61.6 Å². The zero-order chi connectivity index (χ0) is 16.2. The van der Waals surface area contributed by atoms with Crippen LogP contribution >= 0.6 is 0 Å². The highest BCUT2D eigenvalue weighted by Gasteiger charge is 2.43. The number of carbonyl (C=O) groups excluding carboxylic acids is 3. The minimum atomic E-state index is -0.845. The maximum atomic E-state index is 11.7. The van der Waals surface area contributed by atoms with E-state index in [9.17, 15) is 14.4 Å². The molecule has 0 aromatic rings. The van der Waals surface area contributed by atoms with Crippen molar-refractivity contribution in [3.05, 3.63) is 0 Å². The highest BCUT2D eigenvalue weighted by atomic mass is 16.7. The topological polar surface area (TPSA) is 91.4 Å². The average molecular weight is 303 g/mol. The van der Waals surface area contributed by atoms with Crippen LogP contribution in [0, 0.1) is 0 Å². The Morgan fingerprint density at radius 2 is 1.71 bits per heavy atom. The first-order valence-corrected chi connectivity index (χ1v) is 6.50. The van der Waals surface area contributed by atoms with E-state index in [1.807, 2.05) is 0 Å². The molecule has 2 atom stereocenters. The maximum absolute atomic E-state index is 11.7. The number of carbonyl (C=O) groups is 3. The summed E-state index contributed by atoms with van der Waals surface area (Å²) in [4.78, 5) is 36.1. The van der Waals surface area contributed by atoms with Crippen molar-refractivity contribution >= 4 is 18.2 Å². The number of nitrogens with zero attached hydrogens (tertiary/aromatic N) is 1. The third kappa shape index (κ3) is 4.80. The Kier molecular flexibility index (Phi) is 5.40. The van der Waals surface area contributed by atoms with Crippen LogP contribution in [0.15, 0.2) is 0 Å². The molecule has 0 aromatic carbocycles. The summed E-state index contributed by atoms with van der Waals surface area (Å²) in [5.74, 6) is -0.587. The molecule has 1 aliphatic rings. The van der Waals surface area contributed by atoms with E-state index in [1.165, 1.54) is 19.1 Å². The number of hydrogen-bond donors (Lipinski definition) is 0. The van der Waals surface area contributed by atoms with E-state index in [2.05, 4.69) is 9.47 Å². The van der Waals surface area contributed by atoms with Crippen LogP contribution < -0.4 is 0 Å². The fraction of sp³-hybridized carbons (Fsp3) is 0.769. The Morgan fingerprint density at radius 1 is 1.10 bits per heavy atom. The van der Waals surface area contributed by atoms with Gasteiger partial charge in [-0.15, -0.1) is 0 Å². The van der Waals surface area contributed by atoms with Gasteiger partial charge in [-0.25, -0.2) is 14.4 Å². The second-order valence-corrected chi connectivity index (χ2v) is 5.60. The van der Waals surface area contributed by atoms with Gasteiger partial charge in [0.15, 0.2) is 0 Å². The first-order chi connectivity index (χ1) is 9.67. The fourth-order valence-corrected chi connectivity index (χ4v) is 1.97. The van der Waals surface area contributed by atoms with Gasteiger partial charge in [0, 0.05) is 6.42 Å². The summed E-state index contributed by atoms with van der Waals surface area (Å²) in [5, 5.41) is 0. The minimum Gasteiger partial charge on any atom is -0.467 e. The molecule has 1 saturated heterocycles. The first-order valence-electron chi connectivity index (χ1n) is 6.50. The van der Waals surface area contributed by atoms with Crippen LogP contribution in [0.1, 0.15) is 27.2 Å². The average Bonchev–Trinajstić information content (AvgIpc) is 2.78. The van der Waals surface area contributed by atoms with E-state index in [4.69, 9.17) is 9.47 Å². The number of methoxy groups -OCH3 is 2. The zero-order valence-electron chi connectivity index (χ0n) is 12.9. The zero-order valence-corrected chi connectivity index (χ0v) is 12.9. The van der Waals surface area contributed by atoms with Crippen molar-refractivity contribution in [3.8, 4) is 0 Å². The highest BCUT2D eigenvalue weighted by molar-refractivity contribution is 5.82. The molecule has 1 rings (SSSR count). The standard InChI is InChI=1S/C13H21NO7/c1-13(2,3)21-12(17)20-8-6-9(10(15)18-4)14(7-8)11(16)19-5/h8-9H,6-7H2,1-5H3/t8-,9+/m1/s1. The number of esters is 1. The Balaban J connectivity index is 2.69. The van der Waals surface area contributed by atoms with Gasteiger partial charge in [0.05, 0.1) is 20.8 Å². The molecule has 0 N–H and O–H groups in total. The number of rotatable bonds is 2. The lowest BCUT2D eigenvalue weighted by atomic mass is 10.2. The molecule has 8 heteroatoms. The smallest absolute Gasteiger partial charge is 0.467 e. The van der Waals surface area contributed by atoms with E-state index < -0.39 is 36.0 Å². The lowest BCUT2D eigenvalue weighted by Crippen LogP contribution is -2.41. The van der Waals surface area contributed by atoms with Gasteiger partial charge in [-0.2, -0.15) is 0 Å². The summed E-state index contributed by atoms with van der Waals surface area (Å²) in [6.45, 7) is 5.18. The van der Waals surface area contributed by atoms with Crippen molar-refractivity contribution < 1.29 is 33.3 Å². The minimum absolute atomic E-state index is 0.0473. The van der Waals surface area contributed by atoms with E-state index in [1.54, 1.807) is 20.8 Å². The summed E-state index contributed by atoms with van der Waals surface area (Å²) in [6, 6.07) is -0.838. The number of amides is 1. The van der Waals surface area contributed by atoms with Crippen LogP contribution in [0.5, 0.6) is 0 Å². The third-order valence-electron chi connectivity index (χ3n) is 2.80. The Labute approximate surface area is 123 Å². The maximum Gasteiger partial charge on any atom is 0.509 e. The second kappa shape index (κ2) is 6.64. The molecule has 8 nitrogen and oxygen atoms in total. The molecule has 0 aliphatic carbocycles. The van der Waals surface area contributed by atoms with Crippen LogP contribution in [0.25, 0.3) is 0 Å². The van der Waals surface area contributed by atoms with Crippen molar-refractivity contribution in [3.63, 3.8) is 0 Å². The van der Waals surface area contributed by atoms with Gasteiger partial charge in [-0.1, -0.05) is 0 Å². The Hall–Kier alpha value is -1.99. The second-order valence-electron chi connectivity index (χ2n) is 5.60. The van der Waals surface area contributed by atoms with Crippen molar-refractivity contribution in [2.45, 2.75) is 44.9 Å². The van der Waals surface area contributed by atoms with Crippen LogP contribution in [0.2, 0.25) is 0 Å². The number of likely N-dealkylation sites (tertiary alicyclic amines) is 1. The molecule has 0 radical (unpaired) electrons. The quantitative estimate of drug-likeness (QED) is 0.561. The van der Waals surface area contributed by atoms with E-state index in [0.29, 0.717) is 0 Å². The summed E-state index contributed by atoms with van der Waals surface area (Å²) < 4.78 is 19.4. The summed E-state index contributed by atoms with van der Waals surface area (Å²) in [6.07, 6.45) is -2.03. The predicted octanol–water partition coefficient (Wildman–Crippen LogP) is 1.32. The SMILES string of the molecule is COC(=O)[C@@H]1C[C@@H](OC(=O)OC(C)(C)C)CN1C(=O)OC. The van der Waals surface area contributed by atoms with Gasteiger partial charge in [-0.3, -0.25) is 4.90 Å². The van der Waals surface area contributed by atoms with E-state index >= 15 is 0 Å². The van der Waals surface area contributed by atoms with E-state index in [0.717, 1.165) is 0 Å². The van der Waals surface area contributed by atoms with Gasteiger partial charge in [0.1, 0.15) is 17.7 Å². The molecular weight excluding hydrogens is 282 g/mol. The molecule has 21 heavy (non-hydrogen) atoms. The number of hydrogen-bond acceptors (Lipinski definition) is 7. The van der Waals surface area contributed by atoms with Gasteiger partial charge >= 0.3 is 18.2 Å². The largest absolute Gasteiger partial charge is 0.509 e. The Bertz CT molecular complexity index is 391. The summed E-state index contributed by atoms with van der Waals surface area (Å²) in [7, 11) is 2.43. The highest BCUT2D eigenvalue weighted by Crippen LogP contribution is 2.23. The monoisotopic (exact) mass is 303 g/mol. The van der Waals surface area contributed by atoms with Gasteiger partial charge in [0.2, 0.25) is 0 Å². The lowest BCUT2D eigenvalue weighted by molar-refractivity contribution is -0.145. The molecule has 0 spiro atoms. The number of ether oxygens (including phenoxy) is 4. The molecule has 0 bridgehead atoms. The van der Waals surface area contributed by atoms with Crippen molar-refractivity contribution in [2.24, 2.45) is 0 Å². The van der Waals surface area contributed by atoms with Gasteiger partial charge < -0.3 is 18.9 Å². The Morgan fingerprint density at radius 3 is 2.19 bits per heavy atom. The normalized spacial score (nSPS) is 21.7. The van der Waals surface area contributed by atoms with Crippen LogP contribution in [-0.2, 0) is 23.7 Å². The molecule has 0 saturated carbocycles. The molecule has 1 amide bonds. The molecule has 0 unspecified atom stereocenters. The molecule has 120 valence electrons. The summed E-state index contributed by atoms with van der Waals surface area (Å²) >= 11 is 0. The molecule has 1 aliphatic heterocycles. The van der Waals surface area contributed by atoms with Gasteiger partial charge in [0.25, 0.3) is 0 Å². The van der Waals surface area contributed by atoms with Crippen LogP contribution in [0.4, 0.5) is 9.59 Å². The predicted molar refractivity (Wildman–Crippen MR) is 70.6 cm³/mol. The molecule has 0 aromatic heterocycles. The molecule has 1 fully saturated rings. The van der Waals surface area contributed by atoms with Crippen LogP contribution in [0.3, 0.4) is 0 Å². The molecule has 1 heterocycles. The first kappa shape index (κ1) is 17.1. The van der Waals surface area contributed by atoms with Crippen molar-refractivity contribution in [1.82, 2.24) is 4.90 Å². The molecular formula is C13H21NO7. The lowest BCUT2D eigenvalue weighted by Gasteiger charge is -2.21. The van der Waals surface area contributed by atoms with Crippen molar-refractivity contribution in [2.75, 3.05) is 20.8 Å².